The molecule has 84 valence electrons. The van der Waals surface area contributed by atoms with Gasteiger partial charge in [-0.3, -0.25) is 0 Å². The summed E-state index contributed by atoms with van der Waals surface area (Å²) in [4.78, 5) is 0. The maximum absolute atomic E-state index is 13.3. The minimum atomic E-state index is -0.185. The number of rotatable bonds is 4. The zero-order valence-electron chi connectivity index (χ0n) is 9.51. The Morgan fingerprint density at radius 3 is 2.67 bits per heavy atom. The summed E-state index contributed by atoms with van der Waals surface area (Å²) in [5, 5.41) is 0. The highest BCUT2D eigenvalue weighted by atomic mass is 19.1. The zero-order valence-corrected chi connectivity index (χ0v) is 9.51. The number of benzene rings is 1. The predicted octanol–water partition coefficient (Wildman–Crippen LogP) is 2.42. The lowest BCUT2D eigenvalue weighted by atomic mass is 10.0. The van der Waals surface area contributed by atoms with E-state index in [1.807, 2.05) is 6.92 Å². The molecule has 0 saturated heterocycles. The van der Waals surface area contributed by atoms with Gasteiger partial charge in [-0.15, -0.1) is 0 Å². The molecule has 3 heteroatoms. The van der Waals surface area contributed by atoms with E-state index in [1.165, 1.54) is 6.07 Å². The Morgan fingerprint density at radius 1 is 1.47 bits per heavy atom. The van der Waals surface area contributed by atoms with Crippen molar-refractivity contribution in [3.63, 3.8) is 0 Å². The molecule has 1 atom stereocenters. The lowest BCUT2D eigenvalue weighted by Crippen LogP contribution is -2.15. The number of hydrogen-bond donors (Lipinski definition) is 1. The zero-order chi connectivity index (χ0) is 11.4. The van der Waals surface area contributed by atoms with E-state index < -0.39 is 0 Å². The molecule has 0 amide bonds. The SMILES string of the molecule is COc1cc(C)c(F)cc1CCC(C)N. The fourth-order valence-electron chi connectivity index (χ4n) is 1.46. The van der Waals surface area contributed by atoms with Crippen LogP contribution in [0.1, 0.15) is 24.5 Å². The second-order valence-corrected chi connectivity index (χ2v) is 3.93. The average Bonchev–Trinajstić information content (AvgIpc) is 2.19. The van der Waals surface area contributed by atoms with Crippen LogP contribution < -0.4 is 10.5 Å². The molecule has 0 bridgehead atoms. The minimum Gasteiger partial charge on any atom is -0.496 e. The Morgan fingerprint density at radius 2 is 2.13 bits per heavy atom. The van der Waals surface area contributed by atoms with Gasteiger partial charge in [0.1, 0.15) is 11.6 Å². The van der Waals surface area contributed by atoms with Gasteiger partial charge < -0.3 is 10.5 Å². The van der Waals surface area contributed by atoms with Gasteiger partial charge in [-0.05, 0) is 49.9 Å². The van der Waals surface area contributed by atoms with Crippen LogP contribution in [0.5, 0.6) is 5.75 Å². The number of nitrogens with two attached hydrogens (primary N) is 1. The van der Waals surface area contributed by atoms with E-state index in [0.717, 1.165) is 24.2 Å². The van der Waals surface area contributed by atoms with E-state index in [4.69, 9.17) is 10.5 Å². The molecule has 1 aromatic carbocycles. The monoisotopic (exact) mass is 211 g/mol. The Kier molecular flexibility index (Phi) is 4.09. The van der Waals surface area contributed by atoms with Crippen LogP contribution in [-0.4, -0.2) is 13.2 Å². The van der Waals surface area contributed by atoms with Crippen LogP contribution in [-0.2, 0) is 6.42 Å². The standard InChI is InChI=1S/C12H18FNO/c1-8-6-12(15-3)10(7-11(8)13)5-4-9(2)14/h6-7,9H,4-5,14H2,1-3H3. The van der Waals surface area contributed by atoms with Crippen molar-refractivity contribution in [3.8, 4) is 5.75 Å². The Balaban J connectivity index is 2.89. The predicted molar refractivity (Wildman–Crippen MR) is 59.7 cm³/mol. The number of aryl methyl sites for hydroxylation is 2. The van der Waals surface area contributed by atoms with Gasteiger partial charge in [-0.1, -0.05) is 0 Å². The molecule has 1 aromatic rings. The molecule has 1 rings (SSSR count). The summed E-state index contributed by atoms with van der Waals surface area (Å²) in [7, 11) is 1.60. The summed E-state index contributed by atoms with van der Waals surface area (Å²) in [5.41, 5.74) is 7.16. The maximum Gasteiger partial charge on any atom is 0.126 e. The second kappa shape index (κ2) is 5.12. The van der Waals surface area contributed by atoms with E-state index in [2.05, 4.69) is 0 Å². The second-order valence-electron chi connectivity index (χ2n) is 3.93. The van der Waals surface area contributed by atoms with Crippen molar-refractivity contribution in [1.82, 2.24) is 0 Å². The summed E-state index contributed by atoms with van der Waals surface area (Å²) in [6.45, 7) is 3.67. The van der Waals surface area contributed by atoms with Gasteiger partial charge in [0.15, 0.2) is 0 Å². The van der Waals surface area contributed by atoms with Crippen molar-refractivity contribution in [2.24, 2.45) is 5.73 Å². The first-order valence-corrected chi connectivity index (χ1v) is 5.13. The number of ether oxygens (including phenoxy) is 1. The quantitative estimate of drug-likeness (QED) is 0.830. The van der Waals surface area contributed by atoms with Gasteiger partial charge in [-0.2, -0.15) is 0 Å². The number of hydrogen-bond acceptors (Lipinski definition) is 2. The van der Waals surface area contributed by atoms with Crippen LogP contribution in [0.25, 0.3) is 0 Å². The number of methoxy groups -OCH3 is 1. The van der Waals surface area contributed by atoms with E-state index in [9.17, 15) is 4.39 Å². The molecule has 0 saturated carbocycles. The average molecular weight is 211 g/mol. The van der Waals surface area contributed by atoms with Crippen LogP contribution in [0.4, 0.5) is 4.39 Å². The molecular formula is C12H18FNO. The molecule has 0 heterocycles. The molecule has 0 spiro atoms. The fraction of sp³-hybridized carbons (Fsp3) is 0.500. The number of halogens is 1. The van der Waals surface area contributed by atoms with E-state index in [-0.39, 0.29) is 11.9 Å². The molecule has 0 aliphatic heterocycles. The first-order chi connectivity index (χ1) is 7.04. The molecular weight excluding hydrogens is 193 g/mol. The summed E-state index contributed by atoms with van der Waals surface area (Å²) in [6.07, 6.45) is 1.58. The van der Waals surface area contributed by atoms with Crippen molar-refractivity contribution >= 4 is 0 Å². The molecule has 0 fully saturated rings. The van der Waals surface area contributed by atoms with Crippen LogP contribution in [0.3, 0.4) is 0 Å². The first kappa shape index (κ1) is 12.0. The maximum atomic E-state index is 13.3. The molecule has 0 radical (unpaired) electrons. The lowest BCUT2D eigenvalue weighted by Gasteiger charge is -2.11. The topological polar surface area (TPSA) is 35.2 Å². The van der Waals surface area contributed by atoms with E-state index >= 15 is 0 Å². The smallest absolute Gasteiger partial charge is 0.126 e. The normalized spacial score (nSPS) is 12.6. The molecule has 0 aliphatic rings. The van der Waals surface area contributed by atoms with Crippen molar-refractivity contribution in [2.75, 3.05) is 7.11 Å². The van der Waals surface area contributed by atoms with E-state index in [1.54, 1.807) is 20.1 Å². The third-order valence-corrected chi connectivity index (χ3v) is 2.43. The largest absolute Gasteiger partial charge is 0.496 e. The highest BCUT2D eigenvalue weighted by molar-refractivity contribution is 5.38. The van der Waals surface area contributed by atoms with E-state index in [0.29, 0.717) is 5.56 Å². The molecule has 1 unspecified atom stereocenters. The van der Waals surface area contributed by atoms with Crippen LogP contribution in [0, 0.1) is 12.7 Å². The van der Waals surface area contributed by atoms with Gasteiger partial charge in [0, 0.05) is 6.04 Å². The molecule has 0 aromatic heterocycles. The van der Waals surface area contributed by atoms with Crippen molar-refractivity contribution in [3.05, 3.63) is 29.1 Å². The van der Waals surface area contributed by atoms with Crippen molar-refractivity contribution in [2.45, 2.75) is 32.7 Å². The highest BCUT2D eigenvalue weighted by Gasteiger charge is 2.08. The Hall–Kier alpha value is -1.09. The van der Waals surface area contributed by atoms with Gasteiger partial charge in [0.25, 0.3) is 0 Å². The van der Waals surface area contributed by atoms with Gasteiger partial charge >= 0.3 is 0 Å². The van der Waals surface area contributed by atoms with Crippen LogP contribution in [0.2, 0.25) is 0 Å². The molecule has 2 nitrogen and oxygen atoms in total. The van der Waals surface area contributed by atoms with Crippen LogP contribution >= 0.6 is 0 Å². The molecule has 15 heavy (non-hydrogen) atoms. The minimum absolute atomic E-state index is 0.124. The van der Waals surface area contributed by atoms with Gasteiger partial charge in [-0.25, -0.2) is 4.39 Å². The van der Waals surface area contributed by atoms with Crippen molar-refractivity contribution in [1.29, 1.82) is 0 Å². The summed E-state index contributed by atoms with van der Waals surface area (Å²) >= 11 is 0. The third kappa shape index (κ3) is 3.20. The molecule has 0 aliphatic carbocycles. The highest BCUT2D eigenvalue weighted by Crippen LogP contribution is 2.23. The van der Waals surface area contributed by atoms with Crippen LogP contribution in [0.15, 0.2) is 12.1 Å². The molecule has 2 N–H and O–H groups in total. The van der Waals surface area contributed by atoms with Crippen molar-refractivity contribution < 1.29 is 9.13 Å². The van der Waals surface area contributed by atoms with Gasteiger partial charge in [0.2, 0.25) is 0 Å². The summed E-state index contributed by atoms with van der Waals surface area (Å²) < 4.78 is 18.5. The fourth-order valence-corrected chi connectivity index (χ4v) is 1.46. The lowest BCUT2D eigenvalue weighted by molar-refractivity contribution is 0.406. The first-order valence-electron chi connectivity index (χ1n) is 5.13. The van der Waals surface area contributed by atoms with Gasteiger partial charge in [0.05, 0.1) is 7.11 Å². The Labute approximate surface area is 90.2 Å². The summed E-state index contributed by atoms with van der Waals surface area (Å²) in [5.74, 6) is 0.560. The Bertz CT molecular complexity index is 337. The third-order valence-electron chi connectivity index (χ3n) is 2.43. The summed E-state index contributed by atoms with van der Waals surface area (Å²) in [6, 6.07) is 3.39.